The maximum Gasteiger partial charge on any atom is 0.165 e. The highest BCUT2D eigenvalue weighted by atomic mass is 35.5. The highest BCUT2D eigenvalue weighted by Crippen LogP contribution is 2.30. The Labute approximate surface area is 152 Å². The standard InChI is InChI=1S/C18H18N4O2.ClH/c1-23-14-7-3-12(4-8-14)17-18(22-21-16(11-19)20-17)13-5-9-15(24-2)10-6-13;/h3-10H,11,19H2,1-2H3;1H. The quantitative estimate of drug-likeness (QED) is 0.754. The summed E-state index contributed by atoms with van der Waals surface area (Å²) in [6, 6.07) is 15.3. The van der Waals surface area contributed by atoms with E-state index in [1.165, 1.54) is 0 Å². The Hall–Kier alpha value is -2.70. The molecule has 25 heavy (non-hydrogen) atoms. The average molecular weight is 359 g/mol. The molecular formula is C18H19ClN4O2. The summed E-state index contributed by atoms with van der Waals surface area (Å²) in [7, 11) is 3.27. The van der Waals surface area contributed by atoms with Crippen molar-refractivity contribution in [1.29, 1.82) is 0 Å². The molecule has 2 aromatic carbocycles. The summed E-state index contributed by atoms with van der Waals surface area (Å²) in [6.07, 6.45) is 0. The SMILES string of the molecule is COc1ccc(-c2nnc(CN)nc2-c2ccc(OC)cc2)cc1.Cl. The van der Waals surface area contributed by atoms with Gasteiger partial charge >= 0.3 is 0 Å². The first-order chi connectivity index (χ1) is 11.7. The zero-order valence-corrected chi connectivity index (χ0v) is 14.8. The third-order valence-electron chi connectivity index (χ3n) is 3.64. The van der Waals surface area contributed by atoms with Crippen LogP contribution in [0.25, 0.3) is 22.5 Å². The first-order valence-electron chi connectivity index (χ1n) is 7.47. The summed E-state index contributed by atoms with van der Waals surface area (Å²) in [4.78, 5) is 4.57. The molecular weight excluding hydrogens is 340 g/mol. The first kappa shape index (κ1) is 18.6. The highest BCUT2D eigenvalue weighted by molar-refractivity contribution is 5.85. The molecule has 7 heteroatoms. The van der Waals surface area contributed by atoms with E-state index in [0.29, 0.717) is 11.5 Å². The van der Waals surface area contributed by atoms with Gasteiger partial charge in [-0.2, -0.15) is 0 Å². The fraction of sp³-hybridized carbons (Fsp3) is 0.167. The van der Waals surface area contributed by atoms with Crippen LogP contribution in [0.3, 0.4) is 0 Å². The van der Waals surface area contributed by atoms with E-state index in [1.54, 1.807) is 14.2 Å². The Morgan fingerprint density at radius 2 is 1.24 bits per heavy atom. The Bertz CT molecular complexity index is 823. The van der Waals surface area contributed by atoms with Crippen LogP contribution in [0, 0.1) is 0 Å². The Kier molecular flexibility index (Phi) is 6.27. The molecule has 0 aliphatic heterocycles. The molecule has 0 unspecified atom stereocenters. The fourth-order valence-electron chi connectivity index (χ4n) is 2.34. The van der Waals surface area contributed by atoms with Gasteiger partial charge in [-0.15, -0.1) is 22.6 Å². The molecule has 2 N–H and O–H groups in total. The van der Waals surface area contributed by atoms with Crippen LogP contribution in [0.1, 0.15) is 5.82 Å². The normalized spacial score (nSPS) is 10.0. The molecule has 0 atom stereocenters. The Morgan fingerprint density at radius 1 is 0.760 bits per heavy atom. The lowest BCUT2D eigenvalue weighted by molar-refractivity contribution is 0.414. The van der Waals surface area contributed by atoms with Crippen LogP contribution >= 0.6 is 12.4 Å². The summed E-state index contributed by atoms with van der Waals surface area (Å²) in [5.74, 6) is 2.06. The van der Waals surface area contributed by atoms with Crippen molar-refractivity contribution >= 4 is 12.4 Å². The second-order valence-corrected chi connectivity index (χ2v) is 5.09. The smallest absolute Gasteiger partial charge is 0.165 e. The molecule has 3 rings (SSSR count). The van der Waals surface area contributed by atoms with Crippen molar-refractivity contribution in [3.63, 3.8) is 0 Å². The Balaban J connectivity index is 0.00000225. The number of rotatable bonds is 5. The summed E-state index contributed by atoms with van der Waals surface area (Å²) in [5, 5.41) is 8.42. The van der Waals surface area contributed by atoms with Gasteiger partial charge in [0.15, 0.2) is 5.82 Å². The molecule has 0 amide bonds. The van der Waals surface area contributed by atoms with Gasteiger partial charge in [-0.25, -0.2) is 4.98 Å². The molecule has 1 heterocycles. The van der Waals surface area contributed by atoms with Gasteiger partial charge in [-0.1, -0.05) is 0 Å². The third kappa shape index (κ3) is 4.04. The largest absolute Gasteiger partial charge is 0.497 e. The molecule has 0 radical (unpaired) electrons. The third-order valence-corrected chi connectivity index (χ3v) is 3.64. The van der Waals surface area contributed by atoms with Crippen molar-refractivity contribution in [2.45, 2.75) is 6.54 Å². The van der Waals surface area contributed by atoms with Gasteiger partial charge in [0, 0.05) is 11.1 Å². The summed E-state index contributed by atoms with van der Waals surface area (Å²) in [6.45, 7) is 0.235. The van der Waals surface area contributed by atoms with Gasteiger partial charge < -0.3 is 15.2 Å². The number of nitrogens with zero attached hydrogens (tertiary/aromatic N) is 3. The molecule has 1 aromatic heterocycles. The van der Waals surface area contributed by atoms with Crippen molar-refractivity contribution in [2.75, 3.05) is 14.2 Å². The number of benzene rings is 2. The van der Waals surface area contributed by atoms with E-state index in [1.807, 2.05) is 48.5 Å². The molecule has 0 aliphatic rings. The topological polar surface area (TPSA) is 83.2 Å². The van der Waals surface area contributed by atoms with Crippen molar-refractivity contribution in [1.82, 2.24) is 15.2 Å². The average Bonchev–Trinajstić information content (AvgIpc) is 2.67. The van der Waals surface area contributed by atoms with E-state index in [0.717, 1.165) is 28.3 Å². The van der Waals surface area contributed by atoms with E-state index < -0.39 is 0 Å². The predicted molar refractivity (Wildman–Crippen MR) is 98.9 cm³/mol. The van der Waals surface area contributed by atoms with E-state index in [2.05, 4.69) is 15.2 Å². The highest BCUT2D eigenvalue weighted by Gasteiger charge is 2.13. The van der Waals surface area contributed by atoms with Crippen molar-refractivity contribution in [3.8, 4) is 34.0 Å². The number of hydrogen-bond donors (Lipinski definition) is 1. The molecule has 0 saturated heterocycles. The molecule has 0 bridgehead atoms. The minimum Gasteiger partial charge on any atom is -0.497 e. The number of halogens is 1. The number of methoxy groups -OCH3 is 2. The van der Waals surface area contributed by atoms with Gasteiger partial charge in [-0.05, 0) is 48.5 Å². The minimum atomic E-state index is 0. The van der Waals surface area contributed by atoms with E-state index in [4.69, 9.17) is 15.2 Å². The van der Waals surface area contributed by atoms with Crippen LogP contribution in [0.15, 0.2) is 48.5 Å². The van der Waals surface area contributed by atoms with E-state index in [-0.39, 0.29) is 19.0 Å². The lowest BCUT2D eigenvalue weighted by atomic mass is 10.0. The molecule has 0 spiro atoms. The van der Waals surface area contributed by atoms with Crippen LogP contribution in [0.5, 0.6) is 11.5 Å². The van der Waals surface area contributed by atoms with Gasteiger partial charge in [0.25, 0.3) is 0 Å². The van der Waals surface area contributed by atoms with Gasteiger partial charge in [0.1, 0.15) is 22.9 Å². The van der Waals surface area contributed by atoms with Gasteiger partial charge in [-0.3, -0.25) is 0 Å². The molecule has 130 valence electrons. The lowest BCUT2D eigenvalue weighted by Gasteiger charge is -2.10. The number of ether oxygens (including phenoxy) is 2. The second kappa shape index (κ2) is 8.41. The number of nitrogens with two attached hydrogens (primary N) is 1. The van der Waals surface area contributed by atoms with Crippen LogP contribution in [-0.4, -0.2) is 29.4 Å². The maximum absolute atomic E-state index is 5.67. The van der Waals surface area contributed by atoms with Crippen LogP contribution < -0.4 is 15.2 Å². The van der Waals surface area contributed by atoms with Gasteiger partial charge in [0.05, 0.1) is 20.8 Å². The van der Waals surface area contributed by atoms with E-state index >= 15 is 0 Å². The number of hydrogen-bond acceptors (Lipinski definition) is 6. The Morgan fingerprint density at radius 3 is 1.68 bits per heavy atom. The van der Waals surface area contributed by atoms with Crippen LogP contribution in [0.2, 0.25) is 0 Å². The zero-order valence-electron chi connectivity index (χ0n) is 14.0. The van der Waals surface area contributed by atoms with Crippen molar-refractivity contribution in [3.05, 3.63) is 54.4 Å². The minimum absolute atomic E-state index is 0. The first-order valence-corrected chi connectivity index (χ1v) is 7.47. The molecule has 6 nitrogen and oxygen atoms in total. The molecule has 3 aromatic rings. The van der Waals surface area contributed by atoms with Crippen LogP contribution in [0.4, 0.5) is 0 Å². The second-order valence-electron chi connectivity index (χ2n) is 5.09. The van der Waals surface area contributed by atoms with Crippen LogP contribution in [-0.2, 0) is 6.54 Å². The predicted octanol–water partition coefficient (Wildman–Crippen LogP) is 3.10. The zero-order chi connectivity index (χ0) is 16.9. The molecule has 0 saturated carbocycles. The monoisotopic (exact) mass is 358 g/mol. The summed E-state index contributed by atoms with van der Waals surface area (Å²) >= 11 is 0. The summed E-state index contributed by atoms with van der Waals surface area (Å²) in [5.41, 5.74) is 8.93. The number of aromatic nitrogens is 3. The molecule has 0 aliphatic carbocycles. The van der Waals surface area contributed by atoms with Crippen molar-refractivity contribution in [2.24, 2.45) is 5.73 Å². The van der Waals surface area contributed by atoms with Gasteiger partial charge in [0.2, 0.25) is 0 Å². The van der Waals surface area contributed by atoms with E-state index in [9.17, 15) is 0 Å². The molecule has 0 fully saturated rings. The fourth-order valence-corrected chi connectivity index (χ4v) is 2.34. The maximum atomic E-state index is 5.67. The lowest BCUT2D eigenvalue weighted by Crippen LogP contribution is -2.07. The van der Waals surface area contributed by atoms with Crippen molar-refractivity contribution < 1.29 is 9.47 Å². The summed E-state index contributed by atoms with van der Waals surface area (Å²) < 4.78 is 10.4.